The molecule has 0 bridgehead atoms. The van der Waals surface area contributed by atoms with Crippen LogP contribution in [0.1, 0.15) is 57.6 Å². The van der Waals surface area contributed by atoms with Gasteiger partial charge in [-0.2, -0.15) is 0 Å². The predicted octanol–water partition coefficient (Wildman–Crippen LogP) is 3.84. The average Bonchev–Trinajstić information content (AvgIpc) is 2.63. The minimum absolute atomic E-state index is 0.334. The molecule has 1 aliphatic rings. The summed E-state index contributed by atoms with van der Waals surface area (Å²) in [6.45, 7) is 4.27. The Morgan fingerprint density at radius 3 is 2.46 bits per heavy atom. The summed E-state index contributed by atoms with van der Waals surface area (Å²) in [7, 11) is 1.59. The normalized spacial score (nSPS) is 16.7. The highest BCUT2D eigenvalue weighted by Crippen LogP contribution is 2.28. The van der Waals surface area contributed by atoms with Crippen molar-refractivity contribution in [1.29, 1.82) is 0 Å². The molecular formula is C20H28N2O4. The van der Waals surface area contributed by atoms with Crippen molar-refractivity contribution in [2.45, 2.75) is 52.0 Å². The Kier molecular flexibility index (Phi) is 7.51. The van der Waals surface area contributed by atoms with E-state index in [1.807, 2.05) is 12.1 Å². The van der Waals surface area contributed by atoms with Gasteiger partial charge < -0.3 is 20.1 Å². The summed E-state index contributed by atoms with van der Waals surface area (Å²) >= 11 is 0. The quantitative estimate of drug-likeness (QED) is 0.518. The van der Waals surface area contributed by atoms with Crippen LogP contribution in [-0.2, 0) is 9.53 Å². The molecule has 0 saturated heterocycles. The second-order valence-electron chi connectivity index (χ2n) is 6.39. The number of unbranched alkanes of at least 4 members (excludes halogenated alkanes) is 4. The van der Waals surface area contributed by atoms with Crippen LogP contribution < -0.4 is 15.4 Å². The van der Waals surface area contributed by atoms with Crippen LogP contribution in [0.2, 0.25) is 0 Å². The Balaban J connectivity index is 2.07. The molecule has 2 N–H and O–H groups in total. The monoisotopic (exact) mass is 360 g/mol. The maximum absolute atomic E-state index is 12.6. The summed E-state index contributed by atoms with van der Waals surface area (Å²) in [5, 5.41) is 5.46. The summed E-state index contributed by atoms with van der Waals surface area (Å²) in [4.78, 5) is 24.5. The Labute approximate surface area is 154 Å². The smallest absolute Gasteiger partial charge is 0.338 e. The molecule has 0 aromatic heterocycles. The number of ether oxygens (including phenoxy) is 2. The summed E-state index contributed by atoms with van der Waals surface area (Å²) in [5.41, 5.74) is 1.75. The molecule has 2 amide bonds. The maximum atomic E-state index is 12.6. The Morgan fingerprint density at radius 1 is 1.12 bits per heavy atom. The highest BCUT2D eigenvalue weighted by Gasteiger charge is 2.32. The van der Waals surface area contributed by atoms with Crippen molar-refractivity contribution < 1.29 is 19.1 Å². The fourth-order valence-electron chi connectivity index (χ4n) is 2.96. The van der Waals surface area contributed by atoms with Crippen molar-refractivity contribution in [2.75, 3.05) is 13.7 Å². The molecular weight excluding hydrogens is 332 g/mol. The number of amides is 2. The number of carbonyl (C=O) groups excluding carboxylic acids is 2. The second-order valence-corrected chi connectivity index (χ2v) is 6.39. The maximum Gasteiger partial charge on any atom is 0.338 e. The molecule has 1 aromatic carbocycles. The highest BCUT2D eigenvalue weighted by atomic mass is 16.5. The van der Waals surface area contributed by atoms with Crippen LogP contribution in [0.3, 0.4) is 0 Å². The molecule has 1 atom stereocenters. The molecule has 0 spiro atoms. The number of allylic oxidation sites excluding steroid dienone is 1. The lowest BCUT2D eigenvalue weighted by Gasteiger charge is -2.28. The number of rotatable bonds is 9. The third-order valence-electron chi connectivity index (χ3n) is 4.42. The minimum atomic E-state index is -0.540. The van der Waals surface area contributed by atoms with E-state index < -0.39 is 12.0 Å². The molecule has 26 heavy (non-hydrogen) atoms. The van der Waals surface area contributed by atoms with Gasteiger partial charge in [-0.15, -0.1) is 0 Å². The predicted molar refractivity (Wildman–Crippen MR) is 99.8 cm³/mol. The Hall–Kier alpha value is -2.50. The first-order chi connectivity index (χ1) is 12.6. The van der Waals surface area contributed by atoms with E-state index in [9.17, 15) is 9.59 Å². The summed E-state index contributed by atoms with van der Waals surface area (Å²) in [5.74, 6) is 0.317. The Morgan fingerprint density at radius 2 is 1.81 bits per heavy atom. The van der Waals surface area contributed by atoms with Crippen LogP contribution in [0, 0.1) is 0 Å². The zero-order valence-electron chi connectivity index (χ0n) is 15.8. The number of benzene rings is 1. The zero-order chi connectivity index (χ0) is 18.9. The molecule has 1 aliphatic heterocycles. The van der Waals surface area contributed by atoms with Gasteiger partial charge >= 0.3 is 12.0 Å². The number of hydrogen-bond acceptors (Lipinski definition) is 4. The van der Waals surface area contributed by atoms with Gasteiger partial charge in [0.05, 0.1) is 25.3 Å². The van der Waals surface area contributed by atoms with Gasteiger partial charge in [-0.1, -0.05) is 44.7 Å². The molecule has 0 fully saturated rings. The molecule has 0 saturated carbocycles. The molecule has 2 rings (SSSR count). The SMILES string of the molecule is CCCCCCCOC(=O)C1=C(C)NC(=O)NC1c1ccc(OC)cc1. The standard InChI is InChI=1S/C20H28N2O4/c1-4-5-6-7-8-13-26-19(23)17-14(2)21-20(24)22-18(17)15-9-11-16(25-3)12-10-15/h9-12,18H,4-8,13H2,1-3H3,(H2,21,22,24). The van der Waals surface area contributed by atoms with Crippen LogP contribution in [0.4, 0.5) is 4.79 Å². The van der Waals surface area contributed by atoms with Crippen LogP contribution in [0.25, 0.3) is 0 Å². The average molecular weight is 360 g/mol. The summed E-state index contributed by atoms with van der Waals surface area (Å²) in [6, 6.07) is 6.40. The van der Waals surface area contributed by atoms with E-state index in [0.717, 1.165) is 24.8 Å². The minimum Gasteiger partial charge on any atom is -0.497 e. The third kappa shape index (κ3) is 5.25. The molecule has 1 aromatic rings. The van der Waals surface area contributed by atoms with E-state index >= 15 is 0 Å². The number of nitrogens with one attached hydrogen (secondary N) is 2. The van der Waals surface area contributed by atoms with Crippen LogP contribution in [0.15, 0.2) is 35.5 Å². The number of urea groups is 1. The first-order valence-corrected chi connectivity index (χ1v) is 9.16. The van der Waals surface area contributed by atoms with E-state index in [1.54, 1.807) is 26.2 Å². The lowest BCUT2D eigenvalue weighted by molar-refractivity contribution is -0.139. The van der Waals surface area contributed by atoms with E-state index in [1.165, 1.54) is 12.8 Å². The third-order valence-corrected chi connectivity index (χ3v) is 4.42. The van der Waals surface area contributed by atoms with Crippen LogP contribution in [0.5, 0.6) is 5.75 Å². The number of methoxy groups -OCH3 is 1. The van der Waals surface area contributed by atoms with Crippen molar-refractivity contribution in [1.82, 2.24) is 10.6 Å². The lowest BCUT2D eigenvalue weighted by Crippen LogP contribution is -2.45. The van der Waals surface area contributed by atoms with Crippen molar-refractivity contribution >= 4 is 12.0 Å². The largest absolute Gasteiger partial charge is 0.497 e. The molecule has 6 nitrogen and oxygen atoms in total. The summed E-state index contributed by atoms with van der Waals surface area (Å²) in [6.07, 6.45) is 5.44. The van der Waals surface area contributed by atoms with Crippen molar-refractivity contribution in [2.24, 2.45) is 0 Å². The second kappa shape index (κ2) is 9.85. The molecule has 0 aliphatic carbocycles. The highest BCUT2D eigenvalue weighted by molar-refractivity contribution is 5.95. The van der Waals surface area contributed by atoms with Crippen molar-refractivity contribution in [3.8, 4) is 5.75 Å². The lowest BCUT2D eigenvalue weighted by atomic mass is 9.95. The van der Waals surface area contributed by atoms with Gasteiger partial charge in [0.1, 0.15) is 5.75 Å². The summed E-state index contributed by atoms with van der Waals surface area (Å²) < 4.78 is 10.6. The van der Waals surface area contributed by atoms with E-state index in [2.05, 4.69) is 17.6 Å². The van der Waals surface area contributed by atoms with Crippen LogP contribution >= 0.6 is 0 Å². The van der Waals surface area contributed by atoms with Gasteiger partial charge in [0.2, 0.25) is 0 Å². The molecule has 1 heterocycles. The van der Waals surface area contributed by atoms with Gasteiger partial charge in [-0.3, -0.25) is 0 Å². The van der Waals surface area contributed by atoms with Gasteiger partial charge in [-0.05, 0) is 31.0 Å². The topological polar surface area (TPSA) is 76.7 Å². The van der Waals surface area contributed by atoms with Gasteiger partial charge in [0, 0.05) is 5.70 Å². The number of carbonyl (C=O) groups is 2. The fourth-order valence-corrected chi connectivity index (χ4v) is 2.96. The van der Waals surface area contributed by atoms with Crippen molar-refractivity contribution in [3.05, 3.63) is 41.1 Å². The van der Waals surface area contributed by atoms with Gasteiger partial charge in [0.25, 0.3) is 0 Å². The number of esters is 1. The van der Waals surface area contributed by atoms with E-state index in [0.29, 0.717) is 23.6 Å². The van der Waals surface area contributed by atoms with E-state index in [4.69, 9.17) is 9.47 Å². The van der Waals surface area contributed by atoms with Gasteiger partial charge in [0.15, 0.2) is 0 Å². The fraction of sp³-hybridized carbons (Fsp3) is 0.500. The van der Waals surface area contributed by atoms with Crippen molar-refractivity contribution in [3.63, 3.8) is 0 Å². The zero-order valence-corrected chi connectivity index (χ0v) is 15.8. The first-order valence-electron chi connectivity index (χ1n) is 9.16. The van der Waals surface area contributed by atoms with Gasteiger partial charge in [-0.25, -0.2) is 9.59 Å². The molecule has 0 radical (unpaired) electrons. The van der Waals surface area contributed by atoms with Crippen LogP contribution in [-0.4, -0.2) is 25.7 Å². The number of hydrogen-bond donors (Lipinski definition) is 2. The Bertz CT molecular complexity index is 652. The van der Waals surface area contributed by atoms with E-state index in [-0.39, 0.29) is 6.03 Å². The molecule has 1 unspecified atom stereocenters. The molecule has 6 heteroatoms. The molecule has 142 valence electrons. The first kappa shape index (κ1) is 19.8.